The van der Waals surface area contributed by atoms with E-state index >= 15 is 0 Å². The van der Waals surface area contributed by atoms with E-state index < -0.39 is 15.6 Å². The van der Waals surface area contributed by atoms with E-state index in [9.17, 15) is 17.2 Å². The van der Waals surface area contributed by atoms with Gasteiger partial charge in [0, 0.05) is 25.9 Å². The molecule has 1 heterocycles. The van der Waals surface area contributed by atoms with Gasteiger partial charge in [-0.15, -0.1) is 0 Å². The van der Waals surface area contributed by atoms with Gasteiger partial charge in [-0.25, -0.2) is 8.42 Å². The molecule has 1 aliphatic rings. The van der Waals surface area contributed by atoms with E-state index in [0.717, 1.165) is 11.3 Å². The van der Waals surface area contributed by atoms with Gasteiger partial charge < -0.3 is 9.64 Å². The Morgan fingerprint density at radius 3 is 2.33 bits per heavy atom. The summed E-state index contributed by atoms with van der Waals surface area (Å²) < 4.78 is 55.9. The molecule has 0 radical (unpaired) electrons. The normalized spacial score (nSPS) is 16.0. The fourth-order valence-electron chi connectivity index (χ4n) is 3.25. The third kappa shape index (κ3) is 4.24. The van der Waals surface area contributed by atoms with Gasteiger partial charge in [-0.3, -0.25) is 0 Å². The molecule has 0 amide bonds. The molecule has 0 bridgehead atoms. The number of benzene rings is 2. The second-order valence-electron chi connectivity index (χ2n) is 6.82. The van der Waals surface area contributed by atoms with Gasteiger partial charge in [0.25, 0.3) is 0 Å². The summed E-state index contributed by atoms with van der Waals surface area (Å²) in [5.74, 6) is -2.61. The number of sulfone groups is 1. The van der Waals surface area contributed by atoms with Crippen LogP contribution in [0.25, 0.3) is 0 Å². The molecule has 0 N–H and O–H groups in total. The molecule has 0 atom stereocenters. The van der Waals surface area contributed by atoms with Gasteiger partial charge in [-0.05, 0) is 49.2 Å². The van der Waals surface area contributed by atoms with Crippen molar-refractivity contribution >= 4 is 15.5 Å². The number of hydrogen-bond acceptors (Lipinski definition) is 4. The van der Waals surface area contributed by atoms with Gasteiger partial charge in [0.2, 0.25) is 9.84 Å². The summed E-state index contributed by atoms with van der Waals surface area (Å²) in [4.78, 5) is 1.53. The monoisotopic (exact) mass is 395 g/mol. The highest BCUT2D eigenvalue weighted by molar-refractivity contribution is 7.91. The maximum atomic E-state index is 13.0. The van der Waals surface area contributed by atoms with Crippen LogP contribution in [0.5, 0.6) is 5.75 Å². The summed E-state index contributed by atoms with van der Waals surface area (Å²) >= 11 is 0. The van der Waals surface area contributed by atoms with Gasteiger partial charge in [0.15, 0.2) is 0 Å². The van der Waals surface area contributed by atoms with E-state index in [1.165, 1.54) is 17.7 Å². The summed E-state index contributed by atoms with van der Waals surface area (Å²) in [7, 11) is -4.63. The number of halogens is 2. The Bertz CT molecular complexity index is 907. The molecule has 146 valence electrons. The largest absolute Gasteiger partial charge is 0.490 e. The second kappa shape index (κ2) is 7.84. The van der Waals surface area contributed by atoms with Crippen molar-refractivity contribution in [3.05, 3.63) is 53.6 Å². The molecule has 3 rings (SSSR count). The lowest BCUT2D eigenvalue weighted by Gasteiger charge is -2.34. The van der Waals surface area contributed by atoms with E-state index in [1.807, 2.05) is 36.9 Å². The zero-order valence-corrected chi connectivity index (χ0v) is 16.2. The molecule has 0 aliphatic carbocycles. The first-order valence-electron chi connectivity index (χ1n) is 8.89. The predicted octanol–water partition coefficient (Wildman–Crippen LogP) is 4.35. The van der Waals surface area contributed by atoms with E-state index in [2.05, 4.69) is 0 Å². The van der Waals surface area contributed by atoms with Crippen LogP contribution in [0.15, 0.2) is 47.4 Å². The quantitative estimate of drug-likeness (QED) is 0.755. The Morgan fingerprint density at radius 2 is 1.70 bits per heavy atom. The highest BCUT2D eigenvalue weighted by Gasteiger charge is 2.31. The lowest BCUT2D eigenvalue weighted by molar-refractivity contribution is 0.170. The number of anilines is 1. The number of nitrogens with zero attached hydrogens (tertiary/aromatic N) is 1. The molecule has 1 fully saturated rings. The summed E-state index contributed by atoms with van der Waals surface area (Å²) in [6.07, 6.45) is 1.40. The van der Waals surface area contributed by atoms with Crippen molar-refractivity contribution in [1.29, 1.82) is 0 Å². The van der Waals surface area contributed by atoms with E-state index in [4.69, 9.17) is 4.74 Å². The molecule has 1 aliphatic heterocycles. The topological polar surface area (TPSA) is 46.6 Å². The van der Waals surface area contributed by atoms with Crippen LogP contribution >= 0.6 is 0 Å². The minimum Gasteiger partial charge on any atom is -0.490 e. The number of para-hydroxylation sites is 1. The lowest BCUT2D eigenvalue weighted by atomic mass is 10.1. The zero-order valence-electron chi connectivity index (χ0n) is 15.4. The maximum absolute atomic E-state index is 13.0. The molecule has 0 spiro atoms. The van der Waals surface area contributed by atoms with Crippen molar-refractivity contribution in [1.82, 2.24) is 0 Å². The summed E-state index contributed by atoms with van der Waals surface area (Å²) in [5.41, 5.74) is 2.70. The van der Waals surface area contributed by atoms with E-state index in [0.29, 0.717) is 31.6 Å². The molecule has 2 aromatic rings. The standard InChI is InChI=1S/C20H23F2NO3S/c1-14-7-8-17(13-15(14)2)26-16-9-11-23(12-10-16)18-5-3-4-6-19(18)27(24,25)20(21)22/h3-8,13,16,20H,9-12H2,1-2H3. The Balaban J connectivity index is 1.70. The number of hydrogen-bond donors (Lipinski definition) is 0. The van der Waals surface area contributed by atoms with Crippen molar-refractivity contribution < 1.29 is 21.9 Å². The van der Waals surface area contributed by atoms with Crippen LogP contribution < -0.4 is 9.64 Å². The van der Waals surface area contributed by atoms with Crippen LogP contribution in [0.1, 0.15) is 24.0 Å². The van der Waals surface area contributed by atoms with E-state index in [1.54, 1.807) is 12.1 Å². The molecule has 7 heteroatoms. The van der Waals surface area contributed by atoms with Crippen LogP contribution in [0, 0.1) is 13.8 Å². The van der Waals surface area contributed by atoms with Crippen molar-refractivity contribution in [2.45, 2.75) is 43.4 Å². The number of alkyl halides is 2. The number of ether oxygens (including phenoxy) is 1. The molecule has 0 unspecified atom stereocenters. The fourth-order valence-corrected chi connectivity index (χ4v) is 4.20. The lowest BCUT2D eigenvalue weighted by Crippen LogP contribution is -2.39. The Labute approximate surface area is 158 Å². The summed E-state index contributed by atoms with van der Waals surface area (Å²) in [5, 5.41) is 0. The Kier molecular flexibility index (Phi) is 5.69. The molecular formula is C20H23F2NO3S. The molecule has 27 heavy (non-hydrogen) atoms. The maximum Gasteiger partial charge on any atom is 0.341 e. The van der Waals surface area contributed by atoms with Crippen molar-refractivity contribution in [3.8, 4) is 5.75 Å². The molecule has 0 saturated carbocycles. The van der Waals surface area contributed by atoms with Crippen LogP contribution in [0.3, 0.4) is 0 Å². The number of aryl methyl sites for hydroxylation is 2. The van der Waals surface area contributed by atoms with Gasteiger partial charge in [-0.1, -0.05) is 18.2 Å². The smallest absolute Gasteiger partial charge is 0.341 e. The Morgan fingerprint density at radius 1 is 1.04 bits per heavy atom. The van der Waals surface area contributed by atoms with Gasteiger partial charge in [0.05, 0.1) is 10.6 Å². The van der Waals surface area contributed by atoms with Gasteiger partial charge in [0.1, 0.15) is 11.9 Å². The molecule has 4 nitrogen and oxygen atoms in total. The number of piperidine rings is 1. The first-order chi connectivity index (χ1) is 12.8. The highest BCUT2D eigenvalue weighted by Crippen LogP contribution is 2.31. The van der Waals surface area contributed by atoms with Crippen LogP contribution in [0.2, 0.25) is 0 Å². The molecule has 2 aromatic carbocycles. The summed E-state index contributed by atoms with van der Waals surface area (Å²) in [6.45, 7) is 5.17. The Hall–Kier alpha value is -2.15. The van der Waals surface area contributed by atoms with E-state index in [-0.39, 0.29) is 11.0 Å². The SMILES string of the molecule is Cc1ccc(OC2CCN(c3ccccc3S(=O)(=O)C(F)F)CC2)cc1C. The predicted molar refractivity (Wildman–Crippen MR) is 101 cm³/mol. The van der Waals surface area contributed by atoms with Gasteiger partial charge >= 0.3 is 5.76 Å². The van der Waals surface area contributed by atoms with Crippen molar-refractivity contribution in [2.75, 3.05) is 18.0 Å². The highest BCUT2D eigenvalue weighted by atomic mass is 32.2. The third-order valence-electron chi connectivity index (χ3n) is 4.97. The molecule has 0 aromatic heterocycles. The average Bonchev–Trinajstić information content (AvgIpc) is 2.65. The first kappa shape index (κ1) is 19.6. The zero-order chi connectivity index (χ0) is 19.6. The van der Waals surface area contributed by atoms with Crippen molar-refractivity contribution in [2.24, 2.45) is 0 Å². The fraction of sp³-hybridized carbons (Fsp3) is 0.400. The minimum atomic E-state index is -4.63. The van der Waals surface area contributed by atoms with Crippen LogP contribution in [-0.4, -0.2) is 33.4 Å². The van der Waals surface area contributed by atoms with Crippen LogP contribution in [0.4, 0.5) is 14.5 Å². The third-order valence-corrected chi connectivity index (χ3v) is 6.40. The van der Waals surface area contributed by atoms with Gasteiger partial charge in [-0.2, -0.15) is 8.78 Å². The molecular weight excluding hydrogens is 372 g/mol. The molecule has 1 saturated heterocycles. The van der Waals surface area contributed by atoms with Crippen LogP contribution in [-0.2, 0) is 9.84 Å². The average molecular weight is 395 g/mol. The number of rotatable bonds is 5. The second-order valence-corrected chi connectivity index (χ2v) is 8.71. The first-order valence-corrected chi connectivity index (χ1v) is 10.4. The summed E-state index contributed by atoms with van der Waals surface area (Å²) in [6, 6.07) is 11.9. The minimum absolute atomic E-state index is 0.0159. The van der Waals surface area contributed by atoms with Crippen molar-refractivity contribution in [3.63, 3.8) is 0 Å².